The number of amides is 1. The molecule has 85 heavy (non-hydrogen) atoms. The number of nitro groups is 2. The predicted octanol–water partition coefficient (Wildman–Crippen LogP) is 2.69. The standard InChI is InChI=1S/C27H30F6N4O4.C15H19F3N2O2.C12H13F3N2O3.ClH.Li/c28-26(29,30)19-3-5-20(6-4-19)35-16-14-34(15-17-35)11-1-2-25(38)36-12-9-21(10-13-36)41-22-7-8-24(37(39)40)23(18-22)27(31,32)33;16-15(17,18)12-3-5-13(6-4-12)20-10-8-19(9-11-20)7-1-2-14(21)22;13-12(14,15)10-7-9(1-2-11(10)17(18)19)20-8-3-5-16-6-4-8;;/h3-8,18,21H,1-2,9-17H2;3-6H,1-2,7-11H2,(H,21,22);1-2,7-8,16H,3-6H2;1H;/q;;;;+1/p-1. The van der Waals surface area contributed by atoms with E-state index in [1.54, 1.807) is 4.90 Å². The number of alkyl halides is 12. The number of nitrogens with zero attached hydrogens (tertiary/aromatic N) is 7. The first-order valence-electron chi connectivity index (χ1n) is 26.7. The number of ether oxygens (including phenoxy) is 2. The molecular formula is C54H62ClF12LiN8O9. The van der Waals surface area contributed by atoms with Gasteiger partial charge in [0.25, 0.3) is 11.4 Å². The van der Waals surface area contributed by atoms with Crippen molar-refractivity contribution >= 4 is 34.6 Å². The number of nitrogens with two attached hydrogens (primary N) is 1. The first-order valence-corrected chi connectivity index (χ1v) is 26.7. The summed E-state index contributed by atoms with van der Waals surface area (Å²) in [5.74, 6) is -1.13. The van der Waals surface area contributed by atoms with E-state index in [2.05, 4.69) is 15.1 Å². The Labute approximate surface area is 499 Å². The minimum Gasteiger partial charge on any atom is -1.00 e. The van der Waals surface area contributed by atoms with Crippen LogP contribution in [0.5, 0.6) is 11.5 Å². The van der Waals surface area contributed by atoms with Crippen molar-refractivity contribution in [1.29, 1.82) is 0 Å². The number of rotatable bonds is 16. The number of anilines is 2. The van der Waals surface area contributed by atoms with E-state index < -0.39 is 80.3 Å². The molecule has 0 saturated carbocycles. The van der Waals surface area contributed by atoms with E-state index in [1.807, 2.05) is 9.80 Å². The van der Waals surface area contributed by atoms with E-state index in [1.165, 1.54) is 30.3 Å². The largest absolute Gasteiger partial charge is 1.00 e. The Hall–Kier alpha value is -6.25. The second kappa shape index (κ2) is 31.9. The molecule has 1 amide bonds. The van der Waals surface area contributed by atoms with Crippen molar-refractivity contribution in [2.24, 2.45) is 0 Å². The zero-order valence-corrected chi connectivity index (χ0v) is 46.8. The topological polar surface area (TPSA) is 195 Å². The number of carboxylic acids is 1. The second-order valence-corrected chi connectivity index (χ2v) is 20.1. The number of carboxylic acid groups (broad SMARTS) is 1. The van der Waals surface area contributed by atoms with Crippen LogP contribution < -0.4 is 61.0 Å². The molecule has 4 fully saturated rings. The normalized spacial score (nSPS) is 16.8. The number of hydrogen-bond acceptors (Lipinski definition) is 13. The van der Waals surface area contributed by atoms with Gasteiger partial charge in [0.1, 0.15) is 34.8 Å². The van der Waals surface area contributed by atoms with Gasteiger partial charge in [0.2, 0.25) is 5.91 Å². The van der Waals surface area contributed by atoms with Gasteiger partial charge < -0.3 is 51.8 Å². The van der Waals surface area contributed by atoms with Gasteiger partial charge in [-0.25, -0.2) is 0 Å². The van der Waals surface area contributed by atoms with Gasteiger partial charge in [0.15, 0.2) is 0 Å². The van der Waals surface area contributed by atoms with Gasteiger partial charge in [0.05, 0.1) is 34.1 Å². The van der Waals surface area contributed by atoms with Crippen LogP contribution in [0.1, 0.15) is 73.6 Å². The molecule has 4 heterocycles. The monoisotopic (exact) mass is 1240 g/mol. The summed E-state index contributed by atoms with van der Waals surface area (Å²) in [5, 5.41) is 34.0. The van der Waals surface area contributed by atoms with Gasteiger partial charge in [-0.1, -0.05) is 0 Å². The molecule has 0 bridgehead atoms. The summed E-state index contributed by atoms with van der Waals surface area (Å²) in [6.07, 6.45) is -14.9. The van der Waals surface area contributed by atoms with E-state index in [4.69, 9.17) is 9.47 Å². The van der Waals surface area contributed by atoms with Crippen molar-refractivity contribution in [3.8, 4) is 11.5 Å². The van der Waals surface area contributed by atoms with Crippen LogP contribution in [0.25, 0.3) is 0 Å². The molecule has 4 aromatic carbocycles. The molecule has 4 aliphatic rings. The van der Waals surface area contributed by atoms with Crippen LogP contribution in [0.15, 0.2) is 84.9 Å². The SMILES string of the molecule is O=C(CCCN1CCN(c2ccc(C(F)(F)F)cc2)CC1)N1CCC(Oc2ccc([N+](=O)[O-])c(C(F)(F)F)c2)CC1.O=C([O-])CCCN1CCN(c2ccc(C(F)(F)F)cc2)CC1.O=[N+]([O-])c1ccc(OC2CC[NH2+]CC2)cc1C(F)(F)F.[Cl-].[Li+]. The van der Waals surface area contributed by atoms with Gasteiger partial charge in [-0.2, -0.15) is 52.7 Å². The number of likely N-dealkylation sites (tertiary alicyclic amines) is 1. The van der Waals surface area contributed by atoms with Gasteiger partial charge >= 0.3 is 43.6 Å². The molecule has 0 radical (unpaired) electrons. The fourth-order valence-electron chi connectivity index (χ4n) is 9.81. The van der Waals surface area contributed by atoms with Crippen molar-refractivity contribution in [2.45, 2.75) is 88.3 Å². The van der Waals surface area contributed by atoms with E-state index in [-0.39, 0.29) is 61.2 Å². The molecule has 2 N–H and O–H groups in total. The molecule has 0 spiro atoms. The van der Waals surface area contributed by atoms with Crippen LogP contribution in [0.4, 0.5) is 75.4 Å². The maximum Gasteiger partial charge on any atom is 1.00 e. The van der Waals surface area contributed by atoms with Crippen molar-refractivity contribution in [2.75, 3.05) is 101 Å². The minimum absolute atomic E-state index is 0. The average Bonchev–Trinajstić information content (AvgIpc) is 3.20. The Kier molecular flexibility index (Phi) is 26.8. The number of carbonyl (C=O) groups is 2. The minimum atomic E-state index is -4.89. The molecule has 0 aliphatic carbocycles. The fraction of sp³-hybridized carbons (Fsp3) is 0.519. The molecule has 4 saturated heterocycles. The summed E-state index contributed by atoms with van der Waals surface area (Å²) in [4.78, 5) is 52.6. The maximum atomic E-state index is 13.2. The van der Waals surface area contributed by atoms with E-state index in [0.717, 1.165) is 119 Å². The maximum absolute atomic E-state index is 13.2. The first-order chi connectivity index (χ1) is 39.0. The third-order valence-electron chi connectivity index (χ3n) is 14.3. The number of piperidine rings is 2. The predicted molar refractivity (Wildman–Crippen MR) is 275 cm³/mol. The molecule has 0 aromatic heterocycles. The summed E-state index contributed by atoms with van der Waals surface area (Å²) in [6.45, 7) is 9.74. The molecule has 8 rings (SSSR count). The Morgan fingerprint density at radius 2 is 0.882 bits per heavy atom. The summed E-state index contributed by atoms with van der Waals surface area (Å²) in [6, 6.07) is 15.7. The summed E-state index contributed by atoms with van der Waals surface area (Å²) in [5.41, 5.74) is -4.43. The molecular weight excluding hydrogens is 1180 g/mol. The average molecular weight is 1240 g/mol. The second-order valence-electron chi connectivity index (χ2n) is 20.1. The third kappa shape index (κ3) is 22.2. The van der Waals surface area contributed by atoms with Crippen LogP contribution in [0, 0.1) is 20.2 Å². The van der Waals surface area contributed by atoms with Gasteiger partial charge in [-0.05, 0) is 105 Å². The van der Waals surface area contributed by atoms with Gasteiger partial charge in [0, 0.05) is 127 Å². The van der Waals surface area contributed by atoms with Gasteiger partial charge in [-0.15, -0.1) is 0 Å². The zero-order chi connectivity index (χ0) is 60.7. The van der Waals surface area contributed by atoms with Crippen molar-refractivity contribution in [1.82, 2.24) is 14.7 Å². The zero-order valence-electron chi connectivity index (χ0n) is 46.1. The van der Waals surface area contributed by atoms with Crippen LogP contribution >= 0.6 is 0 Å². The number of quaternary nitrogens is 1. The Bertz CT molecular complexity index is 2770. The molecule has 17 nitrogen and oxygen atoms in total. The fourth-order valence-corrected chi connectivity index (χ4v) is 9.81. The van der Waals surface area contributed by atoms with Crippen molar-refractivity contribution in [3.05, 3.63) is 127 Å². The summed E-state index contributed by atoms with van der Waals surface area (Å²) in [7, 11) is 0. The van der Waals surface area contributed by atoms with Gasteiger partial charge in [-0.3, -0.25) is 34.8 Å². The van der Waals surface area contributed by atoms with E-state index >= 15 is 0 Å². The smallest absolute Gasteiger partial charge is 1.00 e. The molecule has 31 heteroatoms. The molecule has 0 atom stereocenters. The molecule has 4 aliphatic heterocycles. The quantitative estimate of drug-likeness (QED) is 0.0746. The number of hydrogen-bond donors (Lipinski definition) is 1. The summed E-state index contributed by atoms with van der Waals surface area (Å²) < 4.78 is 165. The Morgan fingerprint density at radius 3 is 1.22 bits per heavy atom. The van der Waals surface area contributed by atoms with Crippen molar-refractivity contribution < 1.29 is 123 Å². The third-order valence-corrected chi connectivity index (χ3v) is 14.3. The number of halogens is 13. The van der Waals surface area contributed by atoms with Crippen LogP contribution in [0.2, 0.25) is 0 Å². The van der Waals surface area contributed by atoms with Crippen LogP contribution in [-0.2, 0) is 34.3 Å². The Balaban J connectivity index is 0.000000297. The number of carbonyl (C=O) groups excluding carboxylic acids is 2. The molecule has 0 unspecified atom stereocenters. The van der Waals surface area contributed by atoms with Crippen LogP contribution in [0.3, 0.4) is 0 Å². The first kappa shape index (κ1) is 71.2. The molecule has 4 aromatic rings. The molecule has 464 valence electrons. The summed E-state index contributed by atoms with van der Waals surface area (Å²) >= 11 is 0. The number of nitro benzene ring substituents is 2. The van der Waals surface area contributed by atoms with E-state index in [0.29, 0.717) is 83.5 Å². The number of benzene rings is 4. The van der Waals surface area contributed by atoms with Crippen LogP contribution in [-0.4, -0.2) is 140 Å². The Morgan fingerprint density at radius 1 is 0.518 bits per heavy atom. The van der Waals surface area contributed by atoms with Crippen molar-refractivity contribution in [3.63, 3.8) is 0 Å². The number of aliphatic carboxylic acids is 1. The van der Waals surface area contributed by atoms with E-state index in [9.17, 15) is 87.6 Å². The number of piperazine rings is 2.